The fourth-order valence-electron chi connectivity index (χ4n) is 1.75. The molecule has 2 aromatic carbocycles. The molecule has 0 bridgehead atoms. The van der Waals surface area contributed by atoms with Gasteiger partial charge in [-0.25, -0.2) is 0 Å². The second-order valence-electron chi connectivity index (χ2n) is 3.44. The van der Waals surface area contributed by atoms with Gasteiger partial charge in [0.1, 0.15) is 0 Å². The minimum atomic E-state index is 1.25. The molecule has 1 radical (unpaired) electrons. The van der Waals surface area contributed by atoms with Crippen molar-refractivity contribution >= 4 is 22.1 Å². The first-order valence-corrected chi connectivity index (χ1v) is 5.76. The number of hydrogen-bond donors (Lipinski definition) is 0. The number of fused-ring (bicyclic) bond motifs is 1. The van der Waals surface area contributed by atoms with Crippen LogP contribution in [0.3, 0.4) is 0 Å². The van der Waals surface area contributed by atoms with E-state index in [-0.39, 0.29) is 0 Å². The van der Waals surface area contributed by atoms with Gasteiger partial charge in [-0.15, -0.1) is 11.3 Å². The quantitative estimate of drug-likeness (QED) is 0.558. The molecule has 0 fully saturated rings. The molecular formula is C14H9S. The van der Waals surface area contributed by atoms with E-state index in [2.05, 4.69) is 41.8 Å². The van der Waals surface area contributed by atoms with Gasteiger partial charge in [0, 0.05) is 10.3 Å². The number of benzene rings is 2. The Morgan fingerprint density at radius 1 is 1.00 bits per heavy atom. The predicted molar refractivity (Wildman–Crippen MR) is 66.1 cm³/mol. The van der Waals surface area contributed by atoms with E-state index in [0.29, 0.717) is 0 Å². The zero-order valence-electron chi connectivity index (χ0n) is 8.10. The molecule has 71 valence electrons. The summed E-state index contributed by atoms with van der Waals surface area (Å²) in [5.41, 5.74) is 1.25. The number of rotatable bonds is 1. The lowest BCUT2D eigenvalue weighted by atomic mass is 10.1. The van der Waals surface area contributed by atoms with Gasteiger partial charge in [0.25, 0.3) is 0 Å². The molecule has 0 aliphatic rings. The molecule has 0 unspecified atom stereocenters. The molecule has 15 heavy (non-hydrogen) atoms. The average molecular weight is 209 g/mol. The van der Waals surface area contributed by atoms with Crippen molar-refractivity contribution in [2.75, 3.05) is 0 Å². The summed E-state index contributed by atoms with van der Waals surface area (Å²) in [6, 6.07) is 19.8. The van der Waals surface area contributed by atoms with Gasteiger partial charge in [-0.2, -0.15) is 0 Å². The van der Waals surface area contributed by atoms with Crippen molar-refractivity contribution in [3.63, 3.8) is 0 Å². The first-order valence-electron chi connectivity index (χ1n) is 4.88. The average Bonchev–Trinajstić information content (AvgIpc) is 2.74. The predicted octanol–water partition coefficient (Wildman–Crippen LogP) is 4.37. The van der Waals surface area contributed by atoms with Crippen molar-refractivity contribution in [1.82, 2.24) is 0 Å². The molecule has 3 rings (SSSR count). The molecular weight excluding hydrogens is 200 g/mol. The van der Waals surface area contributed by atoms with Gasteiger partial charge in [0.05, 0.1) is 0 Å². The van der Waals surface area contributed by atoms with E-state index in [1.165, 1.54) is 21.2 Å². The summed E-state index contributed by atoms with van der Waals surface area (Å²) >= 11 is 1.80. The first kappa shape index (κ1) is 8.69. The van der Waals surface area contributed by atoms with E-state index in [1.807, 2.05) is 18.2 Å². The molecule has 0 nitrogen and oxygen atoms in total. The Morgan fingerprint density at radius 3 is 2.80 bits per heavy atom. The summed E-state index contributed by atoms with van der Waals surface area (Å²) < 4.78 is 0. The zero-order valence-corrected chi connectivity index (χ0v) is 8.92. The van der Waals surface area contributed by atoms with Gasteiger partial charge in [-0.1, -0.05) is 42.5 Å². The van der Waals surface area contributed by atoms with Gasteiger partial charge in [-0.3, -0.25) is 0 Å². The van der Waals surface area contributed by atoms with Gasteiger partial charge in [-0.05, 0) is 28.5 Å². The zero-order chi connectivity index (χ0) is 10.1. The monoisotopic (exact) mass is 209 g/mol. The normalized spacial score (nSPS) is 10.7. The van der Waals surface area contributed by atoms with Crippen LogP contribution in [-0.4, -0.2) is 0 Å². The molecule has 0 saturated carbocycles. The van der Waals surface area contributed by atoms with Gasteiger partial charge >= 0.3 is 0 Å². The summed E-state index contributed by atoms with van der Waals surface area (Å²) in [4.78, 5) is 1.34. The first-order chi connectivity index (χ1) is 7.45. The fourth-order valence-corrected chi connectivity index (χ4v) is 2.78. The molecule has 0 aliphatic carbocycles. The Kier molecular flexibility index (Phi) is 2.04. The summed E-state index contributed by atoms with van der Waals surface area (Å²) in [7, 11) is 0. The van der Waals surface area contributed by atoms with E-state index in [0.717, 1.165) is 0 Å². The fraction of sp³-hybridized carbons (Fsp3) is 0. The van der Waals surface area contributed by atoms with E-state index in [9.17, 15) is 0 Å². The highest BCUT2D eigenvalue weighted by molar-refractivity contribution is 7.15. The molecule has 1 heteroatoms. The smallest absolute Gasteiger partial charge is 0.0421 e. The van der Waals surface area contributed by atoms with E-state index < -0.39 is 0 Å². The maximum absolute atomic E-state index is 3.12. The maximum Gasteiger partial charge on any atom is 0.0421 e. The Balaban J connectivity index is 2.28. The topological polar surface area (TPSA) is 0 Å². The summed E-state index contributed by atoms with van der Waals surface area (Å²) in [5, 5.41) is 4.86. The maximum atomic E-state index is 3.12. The molecule has 0 spiro atoms. The highest BCUT2D eigenvalue weighted by Crippen LogP contribution is 2.34. The molecule has 3 aromatic rings. The van der Waals surface area contributed by atoms with Crippen molar-refractivity contribution in [1.29, 1.82) is 0 Å². The van der Waals surface area contributed by atoms with Crippen LogP contribution in [-0.2, 0) is 0 Å². The van der Waals surface area contributed by atoms with Crippen LogP contribution in [0.5, 0.6) is 0 Å². The van der Waals surface area contributed by atoms with Gasteiger partial charge in [0.15, 0.2) is 0 Å². The lowest BCUT2D eigenvalue weighted by Crippen LogP contribution is -1.72. The molecule has 0 saturated heterocycles. The molecule has 0 aliphatic heterocycles. The van der Waals surface area contributed by atoms with Crippen LogP contribution in [0.25, 0.3) is 21.2 Å². The minimum absolute atomic E-state index is 1.25. The van der Waals surface area contributed by atoms with Crippen LogP contribution in [0.15, 0.2) is 53.9 Å². The number of hydrogen-bond acceptors (Lipinski definition) is 1. The molecule has 0 amide bonds. The van der Waals surface area contributed by atoms with E-state index in [1.54, 1.807) is 11.3 Å². The minimum Gasteiger partial charge on any atom is -0.143 e. The Bertz CT molecular complexity index is 578. The third-order valence-electron chi connectivity index (χ3n) is 2.48. The molecule has 1 aromatic heterocycles. The SMILES string of the molecule is [c]1cccc(-c2scc3ccccc23)c1. The second kappa shape index (κ2) is 3.52. The van der Waals surface area contributed by atoms with Crippen LogP contribution in [0.4, 0.5) is 0 Å². The van der Waals surface area contributed by atoms with Crippen LogP contribution < -0.4 is 0 Å². The molecule has 1 heterocycles. The standard InChI is InChI=1S/C14H9S/c1-2-6-11(7-3-1)14-13-9-5-4-8-12(13)10-15-14/h1-2,4-10H. The Labute approximate surface area is 92.8 Å². The highest BCUT2D eigenvalue weighted by Gasteiger charge is 2.04. The van der Waals surface area contributed by atoms with Crippen molar-refractivity contribution in [2.45, 2.75) is 0 Å². The molecule has 0 N–H and O–H groups in total. The lowest BCUT2D eigenvalue weighted by molar-refractivity contribution is 1.69. The van der Waals surface area contributed by atoms with Crippen molar-refractivity contribution in [3.8, 4) is 10.4 Å². The van der Waals surface area contributed by atoms with E-state index in [4.69, 9.17) is 0 Å². The highest BCUT2D eigenvalue weighted by atomic mass is 32.1. The summed E-state index contributed by atoms with van der Waals surface area (Å²) in [5.74, 6) is 0. The largest absolute Gasteiger partial charge is 0.143 e. The Hall–Kier alpha value is -1.60. The van der Waals surface area contributed by atoms with Crippen LogP contribution in [0, 0.1) is 6.07 Å². The number of thiophene rings is 1. The summed E-state index contributed by atoms with van der Waals surface area (Å²) in [6.45, 7) is 0. The van der Waals surface area contributed by atoms with Crippen molar-refractivity contribution in [3.05, 3.63) is 60.0 Å². The summed E-state index contributed by atoms with van der Waals surface area (Å²) in [6.07, 6.45) is 0. The van der Waals surface area contributed by atoms with Crippen molar-refractivity contribution in [2.24, 2.45) is 0 Å². The lowest BCUT2D eigenvalue weighted by Gasteiger charge is -1.97. The van der Waals surface area contributed by atoms with Gasteiger partial charge < -0.3 is 0 Å². The Morgan fingerprint density at radius 2 is 1.93 bits per heavy atom. The third kappa shape index (κ3) is 1.45. The van der Waals surface area contributed by atoms with Crippen LogP contribution in [0.1, 0.15) is 0 Å². The van der Waals surface area contributed by atoms with E-state index >= 15 is 0 Å². The van der Waals surface area contributed by atoms with Crippen LogP contribution >= 0.6 is 11.3 Å². The second-order valence-corrected chi connectivity index (χ2v) is 4.32. The van der Waals surface area contributed by atoms with Crippen molar-refractivity contribution < 1.29 is 0 Å². The van der Waals surface area contributed by atoms with Crippen LogP contribution in [0.2, 0.25) is 0 Å². The van der Waals surface area contributed by atoms with Gasteiger partial charge in [0.2, 0.25) is 0 Å². The third-order valence-corrected chi connectivity index (χ3v) is 3.54. The molecule has 0 atom stereocenters.